The highest BCUT2D eigenvalue weighted by Gasteiger charge is 2.22. The maximum atomic E-state index is 5.37. The Labute approximate surface area is 289 Å². The molecule has 0 saturated carbocycles. The van der Waals surface area contributed by atoms with E-state index in [4.69, 9.17) is 15.0 Å². The summed E-state index contributed by atoms with van der Waals surface area (Å²) in [5.41, 5.74) is 12.8. The minimum absolute atomic E-state index is 0.00551. The number of nitrogens with zero attached hydrogens (tertiary/aromatic N) is 4. The Hall–Kier alpha value is -5.55. The number of para-hydroxylation sites is 2. The van der Waals surface area contributed by atoms with Gasteiger partial charge in [-0.15, -0.1) is 0 Å². The Morgan fingerprint density at radius 2 is 1.20 bits per heavy atom. The van der Waals surface area contributed by atoms with Gasteiger partial charge in [-0.25, -0.2) is 15.0 Å². The molecule has 0 aliphatic heterocycles. The number of nitrogens with one attached hydrogen (secondary N) is 1. The molecule has 0 bridgehead atoms. The molecule has 0 amide bonds. The number of H-pyrrole nitrogens is 1. The van der Waals surface area contributed by atoms with Crippen LogP contribution in [0.2, 0.25) is 0 Å². The maximum absolute atomic E-state index is 5.37. The zero-order chi connectivity index (χ0) is 34.3. The number of benzene rings is 4. The van der Waals surface area contributed by atoms with Crippen LogP contribution in [-0.2, 0) is 10.8 Å². The van der Waals surface area contributed by atoms with E-state index in [1.54, 1.807) is 0 Å². The maximum Gasteiger partial charge on any atom is 0.137 e. The van der Waals surface area contributed by atoms with E-state index in [-0.39, 0.29) is 10.8 Å². The third kappa shape index (κ3) is 6.62. The molecule has 1 N–H and O–H groups in total. The number of fused-ring (bicyclic) bond motifs is 1. The highest BCUT2D eigenvalue weighted by molar-refractivity contribution is 5.92. The number of hydrogen-bond donors (Lipinski definition) is 1. The number of pyridine rings is 2. The molecule has 7 rings (SSSR count). The molecule has 3 heterocycles. The van der Waals surface area contributed by atoms with Crippen LogP contribution in [0.15, 0.2) is 128 Å². The van der Waals surface area contributed by atoms with Crippen molar-refractivity contribution in [1.82, 2.24) is 19.9 Å². The Balaban J connectivity index is 1.46. The molecule has 0 fully saturated rings. The molecular formula is C44H43N5. The molecule has 0 saturated heterocycles. The van der Waals surface area contributed by atoms with Crippen LogP contribution < -0.4 is 4.90 Å². The van der Waals surface area contributed by atoms with E-state index in [1.165, 1.54) is 16.7 Å². The van der Waals surface area contributed by atoms with Crippen molar-refractivity contribution in [2.24, 2.45) is 0 Å². The van der Waals surface area contributed by atoms with Gasteiger partial charge in [0.1, 0.15) is 11.6 Å². The largest absolute Gasteiger partial charge is 0.342 e. The van der Waals surface area contributed by atoms with E-state index >= 15 is 0 Å². The molecule has 4 aromatic carbocycles. The SMILES string of the molecule is Cc1nc2cccc(-c3cc(-c4cc(C(C)(C)C)cc(C(C)(C)C)c4)cc(-c4cccc(N(c5ccccc5)c5ccccn5)c4)n3)c2[nH]1. The molecule has 0 unspecified atom stereocenters. The highest BCUT2D eigenvalue weighted by atomic mass is 15.2. The van der Waals surface area contributed by atoms with Gasteiger partial charge in [-0.2, -0.15) is 0 Å². The van der Waals surface area contributed by atoms with E-state index in [2.05, 4.69) is 148 Å². The number of anilines is 3. The van der Waals surface area contributed by atoms with Crippen LogP contribution in [0.25, 0.3) is 44.7 Å². The smallest absolute Gasteiger partial charge is 0.137 e. The van der Waals surface area contributed by atoms with Gasteiger partial charge >= 0.3 is 0 Å². The van der Waals surface area contributed by atoms with Crippen LogP contribution in [0.3, 0.4) is 0 Å². The van der Waals surface area contributed by atoms with Crippen molar-refractivity contribution in [3.8, 4) is 33.6 Å². The third-order valence-corrected chi connectivity index (χ3v) is 9.03. The van der Waals surface area contributed by atoms with E-state index in [1.807, 2.05) is 37.4 Å². The Bertz CT molecular complexity index is 2180. The Morgan fingerprint density at radius 1 is 0.551 bits per heavy atom. The van der Waals surface area contributed by atoms with Gasteiger partial charge in [0.15, 0.2) is 0 Å². The summed E-state index contributed by atoms with van der Waals surface area (Å²) in [4.78, 5) is 20.5. The fraction of sp³-hybridized carbons (Fsp3) is 0.205. The number of aromatic nitrogens is 4. The first-order valence-electron chi connectivity index (χ1n) is 16.9. The fourth-order valence-corrected chi connectivity index (χ4v) is 6.29. The van der Waals surface area contributed by atoms with Gasteiger partial charge in [-0.1, -0.05) is 108 Å². The lowest BCUT2D eigenvalue weighted by atomic mass is 9.79. The summed E-state index contributed by atoms with van der Waals surface area (Å²) in [6.07, 6.45) is 1.84. The second kappa shape index (κ2) is 12.5. The van der Waals surface area contributed by atoms with Crippen molar-refractivity contribution >= 4 is 28.2 Å². The molecular weight excluding hydrogens is 599 g/mol. The summed E-state index contributed by atoms with van der Waals surface area (Å²) < 4.78 is 0. The monoisotopic (exact) mass is 641 g/mol. The van der Waals surface area contributed by atoms with Crippen molar-refractivity contribution in [2.45, 2.75) is 59.3 Å². The molecule has 0 spiro atoms. The summed E-state index contributed by atoms with van der Waals surface area (Å²) in [7, 11) is 0. The van der Waals surface area contributed by atoms with Gasteiger partial charge in [0.2, 0.25) is 0 Å². The van der Waals surface area contributed by atoms with E-state index in [0.29, 0.717) is 0 Å². The summed E-state index contributed by atoms with van der Waals surface area (Å²) >= 11 is 0. The molecule has 0 aliphatic carbocycles. The fourth-order valence-electron chi connectivity index (χ4n) is 6.29. The van der Waals surface area contributed by atoms with Gasteiger partial charge in [-0.05, 0) is 94.6 Å². The zero-order valence-corrected chi connectivity index (χ0v) is 29.4. The minimum Gasteiger partial charge on any atom is -0.342 e. The number of hydrogen-bond acceptors (Lipinski definition) is 4. The van der Waals surface area contributed by atoms with E-state index < -0.39 is 0 Å². The van der Waals surface area contributed by atoms with Crippen LogP contribution >= 0.6 is 0 Å². The Morgan fingerprint density at radius 3 is 1.90 bits per heavy atom. The summed E-state index contributed by atoms with van der Waals surface area (Å²) in [5.74, 6) is 1.73. The van der Waals surface area contributed by atoms with Crippen LogP contribution in [0.1, 0.15) is 58.5 Å². The standard InChI is InChI=1S/C44H43N5/c1-29-46-38-20-14-19-37(42(38)47-29)40-27-32(31-23-33(43(2,3)4)28-34(24-31)44(5,6)7)26-39(48-40)30-15-13-18-36(25-30)49(35-16-9-8-10-17-35)41-21-11-12-22-45-41/h8-28H,1-7H3,(H,46,47). The van der Waals surface area contributed by atoms with Gasteiger partial charge in [0.25, 0.3) is 0 Å². The first kappa shape index (κ1) is 32.0. The average Bonchev–Trinajstić information content (AvgIpc) is 3.49. The van der Waals surface area contributed by atoms with Gasteiger partial charge < -0.3 is 4.98 Å². The van der Waals surface area contributed by atoms with Gasteiger partial charge in [0.05, 0.1) is 22.4 Å². The lowest BCUT2D eigenvalue weighted by Gasteiger charge is -2.26. The minimum atomic E-state index is -0.00551. The van der Waals surface area contributed by atoms with Crippen LogP contribution in [0, 0.1) is 6.92 Å². The number of rotatable bonds is 6. The summed E-state index contributed by atoms with van der Waals surface area (Å²) in [6.45, 7) is 15.7. The van der Waals surface area contributed by atoms with Crippen LogP contribution in [-0.4, -0.2) is 19.9 Å². The number of aryl methyl sites for hydroxylation is 1. The lowest BCUT2D eigenvalue weighted by Crippen LogP contribution is -2.16. The molecule has 49 heavy (non-hydrogen) atoms. The van der Waals surface area contributed by atoms with Crippen molar-refractivity contribution in [2.75, 3.05) is 4.90 Å². The van der Waals surface area contributed by atoms with Crippen molar-refractivity contribution < 1.29 is 0 Å². The van der Waals surface area contributed by atoms with E-state index in [9.17, 15) is 0 Å². The average molecular weight is 642 g/mol. The first-order valence-corrected chi connectivity index (χ1v) is 16.9. The number of aromatic amines is 1. The predicted octanol–water partition coefficient (Wildman–Crippen LogP) is 11.7. The molecule has 0 atom stereocenters. The second-order valence-corrected chi connectivity index (χ2v) is 14.9. The van der Waals surface area contributed by atoms with Crippen molar-refractivity contribution in [1.29, 1.82) is 0 Å². The highest BCUT2D eigenvalue weighted by Crippen LogP contribution is 2.39. The molecule has 3 aromatic heterocycles. The van der Waals surface area contributed by atoms with Gasteiger partial charge in [-0.3, -0.25) is 4.90 Å². The van der Waals surface area contributed by atoms with Crippen LogP contribution in [0.4, 0.5) is 17.2 Å². The van der Waals surface area contributed by atoms with E-state index in [0.717, 1.165) is 62.1 Å². The molecule has 7 aromatic rings. The molecule has 0 aliphatic rings. The molecule has 244 valence electrons. The quantitative estimate of drug-likeness (QED) is 0.196. The second-order valence-electron chi connectivity index (χ2n) is 14.9. The Kier molecular flexibility index (Phi) is 8.15. The van der Waals surface area contributed by atoms with Gasteiger partial charge in [0, 0.05) is 28.7 Å². The van der Waals surface area contributed by atoms with Crippen molar-refractivity contribution in [3.05, 3.63) is 144 Å². The predicted molar refractivity (Wildman–Crippen MR) is 205 cm³/mol. The molecule has 5 heteroatoms. The van der Waals surface area contributed by atoms with Crippen LogP contribution in [0.5, 0.6) is 0 Å². The third-order valence-electron chi connectivity index (χ3n) is 9.03. The molecule has 5 nitrogen and oxygen atoms in total. The normalized spacial score (nSPS) is 12.0. The topological polar surface area (TPSA) is 57.7 Å². The first-order chi connectivity index (χ1) is 23.4. The zero-order valence-electron chi connectivity index (χ0n) is 29.4. The molecule has 0 radical (unpaired) electrons. The number of imidazole rings is 1. The van der Waals surface area contributed by atoms with Crippen molar-refractivity contribution in [3.63, 3.8) is 0 Å². The summed E-state index contributed by atoms with van der Waals surface area (Å²) in [5, 5.41) is 0. The summed E-state index contributed by atoms with van der Waals surface area (Å²) in [6, 6.07) is 42.8. The lowest BCUT2D eigenvalue weighted by molar-refractivity contribution is 0.569.